The van der Waals surface area contributed by atoms with E-state index in [1.807, 2.05) is 21.1 Å². The summed E-state index contributed by atoms with van der Waals surface area (Å²) in [5, 5.41) is 0. The molecule has 1 aliphatic rings. The maximum Gasteiger partial charge on any atom is 0.306 e. The third-order valence-electron chi connectivity index (χ3n) is 9.93. The van der Waals surface area contributed by atoms with Gasteiger partial charge in [0.25, 0.3) is 7.82 Å². The van der Waals surface area contributed by atoms with Crippen molar-refractivity contribution >= 4 is 19.8 Å². The summed E-state index contributed by atoms with van der Waals surface area (Å²) in [6.07, 6.45) is 45.5. The molecule has 340 valence electrons. The number of carbonyl (C=O) groups is 2. The lowest BCUT2D eigenvalue weighted by atomic mass is 10.1. The number of esters is 2. The molecule has 0 aromatic rings. The number of epoxide rings is 1. The van der Waals surface area contributed by atoms with Gasteiger partial charge in [0.05, 0.1) is 40.0 Å². The fourth-order valence-corrected chi connectivity index (χ4v) is 6.91. The van der Waals surface area contributed by atoms with Gasteiger partial charge in [0.15, 0.2) is 6.10 Å². The number of unbranched alkanes of at least 4 members (excludes halogenated alkanes) is 13. The lowest BCUT2D eigenvalue weighted by Crippen LogP contribution is -2.37. The van der Waals surface area contributed by atoms with Crippen molar-refractivity contribution in [1.29, 1.82) is 0 Å². The molecule has 1 saturated heterocycles. The number of hydrogen-bond donors (Lipinski definition) is 0. The number of allylic oxidation sites excluding steroid dienone is 9. The van der Waals surface area contributed by atoms with Gasteiger partial charge < -0.3 is 32.6 Å². The topological polar surface area (TPSA) is 124 Å². The van der Waals surface area contributed by atoms with Gasteiger partial charge in [-0.2, -0.15) is 0 Å². The summed E-state index contributed by atoms with van der Waals surface area (Å²) in [7, 11) is 1.11. The Morgan fingerprint density at radius 1 is 0.627 bits per heavy atom. The number of likely N-dealkylation sites (N-methyl/N-ethyl adjacent to an activating group) is 1. The van der Waals surface area contributed by atoms with Crippen LogP contribution in [0.25, 0.3) is 0 Å². The molecule has 0 N–H and O–H groups in total. The fraction of sp³-hybridized carbons (Fsp3) is 0.750. The Hall–Kier alpha value is -2.33. The van der Waals surface area contributed by atoms with E-state index in [0.717, 1.165) is 57.8 Å². The van der Waals surface area contributed by atoms with Crippen LogP contribution in [0.15, 0.2) is 60.8 Å². The van der Waals surface area contributed by atoms with Crippen molar-refractivity contribution in [2.24, 2.45) is 0 Å². The monoisotopic (exact) mass is 850 g/mol. The number of quaternary nitrogens is 1. The number of carbonyl (C=O) groups excluding carboxylic acids is 2. The van der Waals surface area contributed by atoms with Gasteiger partial charge in [-0.05, 0) is 83.5 Å². The number of phosphoric acid groups is 1. The highest BCUT2D eigenvalue weighted by Gasteiger charge is 2.36. The average molecular weight is 850 g/mol. The molecule has 1 rings (SSSR count). The Morgan fingerprint density at radius 2 is 1.14 bits per heavy atom. The molecule has 0 spiro atoms. The van der Waals surface area contributed by atoms with Crippen molar-refractivity contribution in [3.8, 4) is 0 Å². The minimum atomic E-state index is -4.65. The summed E-state index contributed by atoms with van der Waals surface area (Å²) in [4.78, 5) is 37.7. The summed E-state index contributed by atoms with van der Waals surface area (Å²) >= 11 is 0. The third-order valence-corrected chi connectivity index (χ3v) is 10.9. The number of rotatable bonds is 40. The minimum Gasteiger partial charge on any atom is -0.756 e. The van der Waals surface area contributed by atoms with Gasteiger partial charge in [0, 0.05) is 12.8 Å². The molecule has 11 heteroatoms. The SMILES string of the molecule is CCCCC/C=C\C/C=C\C/C=C\CC1OC1CCCC(=O)OC[C@H](COP(=O)([O-])OCC[N+](C)(C)C)OC(=O)CCCCCCCCC/C=C\C/C=C\CCCCC. The van der Waals surface area contributed by atoms with Crippen molar-refractivity contribution in [1.82, 2.24) is 0 Å². The Bertz CT molecular complexity index is 1260. The van der Waals surface area contributed by atoms with Crippen molar-refractivity contribution in [2.75, 3.05) is 47.5 Å². The van der Waals surface area contributed by atoms with Crippen LogP contribution in [0, 0.1) is 0 Å². The Morgan fingerprint density at radius 3 is 1.71 bits per heavy atom. The highest BCUT2D eigenvalue weighted by Crippen LogP contribution is 2.38. The van der Waals surface area contributed by atoms with E-state index < -0.39 is 32.5 Å². The van der Waals surface area contributed by atoms with E-state index in [1.165, 1.54) is 70.6 Å². The third kappa shape index (κ3) is 37.2. The Kier molecular flexibility index (Phi) is 33.7. The molecule has 1 aliphatic heterocycles. The molecule has 59 heavy (non-hydrogen) atoms. The lowest BCUT2D eigenvalue weighted by Gasteiger charge is -2.28. The van der Waals surface area contributed by atoms with Gasteiger partial charge in [-0.15, -0.1) is 0 Å². The zero-order valence-electron chi connectivity index (χ0n) is 37.9. The van der Waals surface area contributed by atoms with E-state index in [2.05, 4.69) is 74.6 Å². The minimum absolute atomic E-state index is 0.0472. The predicted molar refractivity (Wildman–Crippen MR) is 240 cm³/mol. The number of hydrogen-bond acceptors (Lipinski definition) is 9. The molecule has 10 nitrogen and oxygen atoms in total. The number of ether oxygens (including phenoxy) is 3. The molecule has 0 amide bonds. The summed E-state index contributed by atoms with van der Waals surface area (Å²) in [5.41, 5.74) is 0. The molecule has 0 aromatic heterocycles. The van der Waals surface area contributed by atoms with Crippen molar-refractivity contribution in [3.63, 3.8) is 0 Å². The van der Waals surface area contributed by atoms with Gasteiger partial charge in [0.2, 0.25) is 0 Å². The molecule has 1 fully saturated rings. The van der Waals surface area contributed by atoms with Crippen LogP contribution in [-0.4, -0.2) is 82.2 Å². The highest BCUT2D eigenvalue weighted by molar-refractivity contribution is 7.45. The summed E-state index contributed by atoms with van der Waals surface area (Å²) in [5.74, 6) is -0.923. The summed E-state index contributed by atoms with van der Waals surface area (Å²) in [6, 6.07) is 0. The van der Waals surface area contributed by atoms with Gasteiger partial charge in [0.1, 0.15) is 19.8 Å². The molecule has 0 aromatic carbocycles. The number of nitrogens with zero attached hydrogens (tertiary/aromatic N) is 1. The second kappa shape index (κ2) is 36.3. The zero-order valence-corrected chi connectivity index (χ0v) is 38.8. The zero-order chi connectivity index (χ0) is 43.3. The fourth-order valence-electron chi connectivity index (χ4n) is 6.18. The van der Waals surface area contributed by atoms with Crippen molar-refractivity contribution in [3.05, 3.63) is 60.8 Å². The standard InChI is InChI=1S/C48H84NO9P/c1-6-8-10-12-14-16-18-20-21-22-23-24-26-28-30-32-34-38-48(51)57-44(43-56-59(52,53)55-41-40-49(3,4)5)42-54-47(50)39-35-37-46-45(58-46)36-33-31-29-27-25-19-17-15-13-11-9-7-2/h14-17,20-21,25,27,31,33,44-46H,6-13,18-19,22-24,26,28-30,32,34-43H2,1-5H3/b16-14-,17-15-,21-20-,27-25-,33-31-/t44-,45?,46?/m1/s1. The molecule has 4 atom stereocenters. The maximum absolute atomic E-state index is 12.7. The van der Waals surface area contributed by atoms with Gasteiger partial charge in [-0.3, -0.25) is 14.2 Å². The lowest BCUT2D eigenvalue weighted by molar-refractivity contribution is -0.870. The van der Waals surface area contributed by atoms with E-state index in [9.17, 15) is 19.0 Å². The van der Waals surface area contributed by atoms with Crippen LogP contribution in [0.5, 0.6) is 0 Å². The largest absolute Gasteiger partial charge is 0.756 e. The Balaban J connectivity index is 2.33. The average Bonchev–Trinajstić information content (AvgIpc) is 3.94. The molecular formula is C48H84NO9P. The van der Waals surface area contributed by atoms with Gasteiger partial charge in [-0.1, -0.05) is 132 Å². The molecule has 0 aliphatic carbocycles. The van der Waals surface area contributed by atoms with Crippen molar-refractivity contribution in [2.45, 2.75) is 186 Å². The van der Waals surface area contributed by atoms with Crippen LogP contribution in [-0.2, 0) is 37.4 Å². The quantitative estimate of drug-likeness (QED) is 0.0148. The van der Waals surface area contributed by atoms with Crippen LogP contribution in [0.1, 0.15) is 168 Å². The predicted octanol–water partition coefficient (Wildman–Crippen LogP) is 11.6. The van der Waals surface area contributed by atoms with Crippen LogP contribution in [0.3, 0.4) is 0 Å². The molecule has 0 radical (unpaired) electrons. The van der Waals surface area contributed by atoms with Crippen LogP contribution in [0.2, 0.25) is 0 Å². The van der Waals surface area contributed by atoms with Crippen LogP contribution < -0.4 is 4.89 Å². The molecule has 0 saturated carbocycles. The summed E-state index contributed by atoms with van der Waals surface area (Å²) in [6.45, 7) is 4.07. The second-order valence-corrected chi connectivity index (χ2v) is 18.2. The molecule has 3 unspecified atom stereocenters. The smallest absolute Gasteiger partial charge is 0.306 e. The molecule has 0 bridgehead atoms. The highest BCUT2D eigenvalue weighted by atomic mass is 31.2. The molecule has 1 heterocycles. The van der Waals surface area contributed by atoms with E-state index in [-0.39, 0.29) is 38.3 Å². The maximum atomic E-state index is 12.7. The normalized spacial score (nSPS) is 17.5. The second-order valence-electron chi connectivity index (χ2n) is 16.8. The van der Waals surface area contributed by atoms with Crippen LogP contribution >= 0.6 is 7.82 Å². The Labute approximate surface area is 360 Å². The van der Waals surface area contributed by atoms with E-state index in [0.29, 0.717) is 23.9 Å². The van der Waals surface area contributed by atoms with Crippen LogP contribution in [0.4, 0.5) is 0 Å². The first-order chi connectivity index (χ1) is 28.5. The first-order valence-electron chi connectivity index (χ1n) is 23.1. The molecular weight excluding hydrogens is 765 g/mol. The first-order valence-corrected chi connectivity index (χ1v) is 24.6. The van der Waals surface area contributed by atoms with E-state index in [1.54, 1.807) is 0 Å². The summed E-state index contributed by atoms with van der Waals surface area (Å²) < 4.78 is 39.7. The van der Waals surface area contributed by atoms with E-state index in [4.69, 9.17) is 23.3 Å². The van der Waals surface area contributed by atoms with Gasteiger partial charge in [-0.25, -0.2) is 0 Å². The van der Waals surface area contributed by atoms with Crippen molar-refractivity contribution < 1.29 is 46.8 Å². The first kappa shape index (κ1) is 54.7. The number of phosphoric ester groups is 1. The van der Waals surface area contributed by atoms with E-state index >= 15 is 0 Å². The van der Waals surface area contributed by atoms with Gasteiger partial charge >= 0.3 is 11.9 Å².